The summed E-state index contributed by atoms with van der Waals surface area (Å²) in [5.74, 6) is -1.68. The van der Waals surface area contributed by atoms with Gasteiger partial charge in [-0.15, -0.1) is 11.3 Å². The van der Waals surface area contributed by atoms with E-state index in [1.165, 1.54) is 30.6 Å². The number of nitrogens with zero attached hydrogens (tertiary/aromatic N) is 6. The number of carbonyl (C=O) groups excluding carboxylic acids is 1. The number of ether oxygens (including phenoxy) is 2. The maximum absolute atomic E-state index is 16.0. The van der Waals surface area contributed by atoms with Gasteiger partial charge in [-0.2, -0.15) is 5.10 Å². The molecule has 1 aliphatic rings. The van der Waals surface area contributed by atoms with E-state index >= 15 is 4.39 Å². The number of pyridine rings is 2. The van der Waals surface area contributed by atoms with Gasteiger partial charge in [-0.3, -0.25) is 9.48 Å². The highest BCUT2D eigenvalue weighted by molar-refractivity contribution is 7.18. The van der Waals surface area contributed by atoms with E-state index < -0.39 is 11.6 Å². The SMILES string of the molecule is C=CC(=O)N1CCn2nc(-c3nc(-c4ccc5nccn5c4)c4ccsc4c3-c3c(F)cc(F)cc3OCCOC)cc2[C@H]1C. The van der Waals surface area contributed by atoms with E-state index in [2.05, 4.69) is 11.6 Å². The van der Waals surface area contributed by atoms with E-state index in [0.717, 1.165) is 33.1 Å². The van der Waals surface area contributed by atoms with Crippen molar-refractivity contribution in [2.75, 3.05) is 26.9 Å². The zero-order valence-corrected chi connectivity index (χ0v) is 25.4. The Balaban J connectivity index is 1.50. The largest absolute Gasteiger partial charge is 0.490 e. The molecule has 228 valence electrons. The summed E-state index contributed by atoms with van der Waals surface area (Å²) in [5, 5.41) is 7.64. The lowest BCUT2D eigenvalue weighted by molar-refractivity contribution is -0.129. The molecule has 6 aromatic rings. The Morgan fingerprint density at radius 1 is 1.13 bits per heavy atom. The molecule has 7 rings (SSSR count). The van der Waals surface area contributed by atoms with Gasteiger partial charge in [-0.25, -0.2) is 18.7 Å². The summed E-state index contributed by atoms with van der Waals surface area (Å²) in [7, 11) is 1.53. The van der Waals surface area contributed by atoms with Gasteiger partial charge in [0.1, 0.15) is 41.0 Å². The summed E-state index contributed by atoms with van der Waals surface area (Å²) in [6, 6.07) is 9.43. The first-order valence-electron chi connectivity index (χ1n) is 14.3. The molecule has 0 aliphatic carbocycles. The zero-order valence-electron chi connectivity index (χ0n) is 24.5. The van der Waals surface area contributed by atoms with Crippen LogP contribution >= 0.6 is 11.3 Å². The molecule has 0 saturated heterocycles. The monoisotopic (exact) mass is 626 g/mol. The molecule has 0 radical (unpaired) electrons. The van der Waals surface area contributed by atoms with Crippen LogP contribution in [0.25, 0.3) is 49.5 Å². The van der Waals surface area contributed by atoms with Crippen LogP contribution in [-0.4, -0.2) is 61.8 Å². The number of benzene rings is 1. The van der Waals surface area contributed by atoms with Gasteiger partial charge in [0.2, 0.25) is 5.91 Å². The van der Waals surface area contributed by atoms with E-state index in [1.54, 1.807) is 11.1 Å². The summed E-state index contributed by atoms with van der Waals surface area (Å²) < 4.78 is 46.1. The molecule has 1 atom stereocenters. The molecule has 1 aromatic carbocycles. The van der Waals surface area contributed by atoms with Crippen LogP contribution in [0.4, 0.5) is 8.78 Å². The lowest BCUT2D eigenvalue weighted by atomic mass is 9.96. The van der Waals surface area contributed by atoms with Crippen molar-refractivity contribution < 1.29 is 23.0 Å². The van der Waals surface area contributed by atoms with Crippen molar-refractivity contribution in [3.05, 3.63) is 90.4 Å². The van der Waals surface area contributed by atoms with Gasteiger partial charge >= 0.3 is 0 Å². The number of hydrogen-bond acceptors (Lipinski definition) is 7. The average molecular weight is 627 g/mol. The van der Waals surface area contributed by atoms with Crippen LogP contribution in [0.1, 0.15) is 18.7 Å². The number of fused-ring (bicyclic) bond motifs is 3. The van der Waals surface area contributed by atoms with Crippen molar-refractivity contribution >= 4 is 33.0 Å². The molecule has 0 N–H and O–H groups in total. The quantitative estimate of drug-likeness (QED) is 0.141. The maximum atomic E-state index is 16.0. The molecule has 0 fully saturated rings. The predicted octanol–water partition coefficient (Wildman–Crippen LogP) is 6.53. The second kappa shape index (κ2) is 11.5. The van der Waals surface area contributed by atoms with Gasteiger partial charge in [0.25, 0.3) is 0 Å². The van der Waals surface area contributed by atoms with Crippen LogP contribution < -0.4 is 4.74 Å². The standard InChI is InChI=1S/C33H28F2N6O3S/c1-4-28(42)40-10-11-41-25(19(40)2)17-24(38-41)32-30(29-23(35)15-21(34)16-26(29)44-13-12-43-3)33-22(7-14-45-33)31(37-32)20-5-6-27-36-8-9-39(27)18-20/h4-9,14-19H,1,10-13H2,2-3H3/t19-/m1/s1. The summed E-state index contributed by atoms with van der Waals surface area (Å²) in [5.41, 5.74) is 4.53. The smallest absolute Gasteiger partial charge is 0.246 e. The Bertz CT molecular complexity index is 2100. The molecule has 1 aliphatic heterocycles. The topological polar surface area (TPSA) is 86.8 Å². The molecule has 1 amide bonds. The van der Waals surface area contributed by atoms with E-state index in [4.69, 9.17) is 19.6 Å². The van der Waals surface area contributed by atoms with Gasteiger partial charge in [0.05, 0.1) is 36.1 Å². The van der Waals surface area contributed by atoms with Crippen molar-refractivity contribution in [2.24, 2.45) is 0 Å². The summed E-state index contributed by atoms with van der Waals surface area (Å²) in [6.45, 7) is 6.83. The third-order valence-corrected chi connectivity index (χ3v) is 8.98. The third kappa shape index (κ3) is 4.95. The van der Waals surface area contributed by atoms with Gasteiger partial charge in [0.15, 0.2) is 0 Å². The zero-order chi connectivity index (χ0) is 31.2. The molecular formula is C33H28F2N6O3S. The van der Waals surface area contributed by atoms with Crippen LogP contribution in [0.5, 0.6) is 5.75 Å². The highest BCUT2D eigenvalue weighted by Crippen LogP contribution is 2.47. The maximum Gasteiger partial charge on any atom is 0.246 e. The van der Waals surface area contributed by atoms with Crippen molar-refractivity contribution in [3.63, 3.8) is 0 Å². The van der Waals surface area contributed by atoms with Gasteiger partial charge in [-0.1, -0.05) is 6.58 Å². The van der Waals surface area contributed by atoms with Crippen LogP contribution in [0.2, 0.25) is 0 Å². The second-order valence-corrected chi connectivity index (χ2v) is 11.6. The summed E-state index contributed by atoms with van der Waals surface area (Å²) in [4.78, 5) is 23.8. The normalized spacial score (nSPS) is 14.7. The van der Waals surface area contributed by atoms with Crippen LogP contribution in [0.15, 0.2) is 73.0 Å². The molecular weight excluding hydrogens is 598 g/mol. The molecule has 5 aromatic heterocycles. The highest BCUT2D eigenvalue weighted by atomic mass is 32.1. The number of methoxy groups -OCH3 is 1. The molecule has 0 saturated carbocycles. The number of amides is 1. The molecule has 0 spiro atoms. The molecule has 0 bridgehead atoms. The minimum absolute atomic E-state index is 0.0370. The number of rotatable bonds is 8. The van der Waals surface area contributed by atoms with Crippen LogP contribution in [-0.2, 0) is 16.1 Å². The van der Waals surface area contributed by atoms with Gasteiger partial charge < -0.3 is 18.8 Å². The molecule has 45 heavy (non-hydrogen) atoms. The minimum Gasteiger partial charge on any atom is -0.490 e. The lowest BCUT2D eigenvalue weighted by Crippen LogP contribution is -2.40. The fourth-order valence-corrected chi connectivity index (χ4v) is 6.85. The van der Waals surface area contributed by atoms with Gasteiger partial charge in [-0.05, 0) is 42.6 Å². The molecule has 12 heteroatoms. The minimum atomic E-state index is -0.784. The Morgan fingerprint density at radius 2 is 2.00 bits per heavy atom. The first-order valence-corrected chi connectivity index (χ1v) is 15.2. The summed E-state index contributed by atoms with van der Waals surface area (Å²) >= 11 is 1.43. The predicted molar refractivity (Wildman–Crippen MR) is 168 cm³/mol. The number of thiophene rings is 1. The number of aromatic nitrogens is 5. The molecule has 6 heterocycles. The number of hydrogen-bond donors (Lipinski definition) is 0. The van der Waals surface area contributed by atoms with Crippen molar-refractivity contribution in [1.29, 1.82) is 0 Å². The number of halogens is 2. The van der Waals surface area contributed by atoms with E-state index in [0.29, 0.717) is 35.7 Å². The van der Waals surface area contributed by atoms with Crippen LogP contribution in [0.3, 0.4) is 0 Å². The van der Waals surface area contributed by atoms with E-state index in [1.807, 2.05) is 58.0 Å². The second-order valence-electron chi connectivity index (χ2n) is 10.6. The summed E-state index contributed by atoms with van der Waals surface area (Å²) in [6.07, 6.45) is 6.83. The Morgan fingerprint density at radius 3 is 2.82 bits per heavy atom. The van der Waals surface area contributed by atoms with Gasteiger partial charge in [0, 0.05) is 65.6 Å². The van der Waals surface area contributed by atoms with E-state index in [-0.39, 0.29) is 36.5 Å². The lowest BCUT2D eigenvalue weighted by Gasteiger charge is -2.33. The Hall–Kier alpha value is -4.94. The highest BCUT2D eigenvalue weighted by Gasteiger charge is 2.31. The van der Waals surface area contributed by atoms with Crippen molar-refractivity contribution in [3.8, 4) is 39.5 Å². The van der Waals surface area contributed by atoms with E-state index in [9.17, 15) is 9.18 Å². The number of imidazole rings is 1. The first kappa shape index (κ1) is 28.8. The Kier molecular flexibility index (Phi) is 7.38. The third-order valence-electron chi connectivity index (χ3n) is 8.04. The molecule has 9 nitrogen and oxygen atoms in total. The fourth-order valence-electron chi connectivity index (χ4n) is 5.90. The van der Waals surface area contributed by atoms with Crippen LogP contribution in [0, 0.1) is 11.6 Å². The molecule has 0 unspecified atom stereocenters. The average Bonchev–Trinajstić information content (AvgIpc) is 3.80. The fraction of sp³-hybridized carbons (Fsp3) is 0.212. The van der Waals surface area contributed by atoms with Crippen molar-refractivity contribution in [2.45, 2.75) is 19.5 Å². The first-order chi connectivity index (χ1) is 21.9. The Labute approximate surface area is 261 Å². The number of carbonyl (C=O) groups is 1. The van der Waals surface area contributed by atoms with Crippen molar-refractivity contribution in [1.82, 2.24) is 29.0 Å².